The summed E-state index contributed by atoms with van der Waals surface area (Å²) in [5.74, 6) is -0.134. The van der Waals surface area contributed by atoms with E-state index in [0.717, 1.165) is 6.07 Å². The van der Waals surface area contributed by atoms with Gasteiger partial charge in [-0.2, -0.15) is 18.3 Å². The molecular formula is C32H26BrF4N7O2. The van der Waals surface area contributed by atoms with Crippen LogP contribution < -0.4 is 16.0 Å². The van der Waals surface area contributed by atoms with Crippen molar-refractivity contribution in [1.29, 1.82) is 0 Å². The molecule has 9 nitrogen and oxygen atoms in total. The lowest BCUT2D eigenvalue weighted by atomic mass is 10.1. The first-order valence-corrected chi connectivity index (χ1v) is 14.8. The molecule has 6 rings (SSSR count). The number of anilines is 1. The average Bonchev–Trinajstić information content (AvgIpc) is 3.33. The van der Waals surface area contributed by atoms with E-state index in [-0.39, 0.29) is 46.2 Å². The van der Waals surface area contributed by atoms with Crippen molar-refractivity contribution < 1.29 is 22.3 Å². The van der Waals surface area contributed by atoms with Gasteiger partial charge in [0.25, 0.3) is 5.56 Å². The van der Waals surface area contributed by atoms with Crippen molar-refractivity contribution in [1.82, 2.24) is 29.3 Å². The second-order valence-electron chi connectivity index (χ2n) is 11.6. The number of ether oxygens (including phenoxy) is 1. The molecule has 0 saturated carbocycles. The molecule has 0 atom stereocenters. The summed E-state index contributed by atoms with van der Waals surface area (Å²) in [4.78, 5) is 27.1. The summed E-state index contributed by atoms with van der Waals surface area (Å²) in [6, 6.07) is 14.2. The van der Waals surface area contributed by atoms with Crippen LogP contribution in [0.25, 0.3) is 33.2 Å². The summed E-state index contributed by atoms with van der Waals surface area (Å²) in [7, 11) is 0. The molecular weight excluding hydrogens is 670 g/mol. The fourth-order valence-corrected chi connectivity index (χ4v) is 5.77. The largest absolute Gasteiger partial charge is 0.488 e. The van der Waals surface area contributed by atoms with E-state index in [1.165, 1.54) is 45.9 Å². The molecule has 3 heterocycles. The molecule has 0 bridgehead atoms. The van der Waals surface area contributed by atoms with E-state index in [9.17, 15) is 22.4 Å². The summed E-state index contributed by atoms with van der Waals surface area (Å²) < 4.78 is 65.6. The maximum absolute atomic E-state index is 14.8. The van der Waals surface area contributed by atoms with Crippen molar-refractivity contribution in [2.24, 2.45) is 0 Å². The normalized spacial score (nSPS) is 12.3. The van der Waals surface area contributed by atoms with Crippen LogP contribution in [0.4, 0.5) is 23.4 Å². The zero-order valence-electron chi connectivity index (χ0n) is 24.7. The molecule has 3 aromatic carbocycles. The fraction of sp³-hybridized carbons (Fsp3) is 0.219. The van der Waals surface area contributed by atoms with Gasteiger partial charge in [0, 0.05) is 16.1 Å². The first-order chi connectivity index (χ1) is 21.7. The predicted octanol–water partition coefficient (Wildman–Crippen LogP) is 6.98. The Morgan fingerprint density at radius 1 is 0.957 bits per heavy atom. The predicted molar refractivity (Wildman–Crippen MR) is 169 cm³/mol. The SMILES string of the molecule is CC(C)(C)Oc1cc(F)cc(-c2nn(Cc3nc4cccc(Br)c4c(=O)n3Cc3ccccc3C(F)(F)F)c3ncnc(N)c23)c1. The van der Waals surface area contributed by atoms with Gasteiger partial charge in [0.2, 0.25) is 0 Å². The third kappa shape index (κ3) is 6.04. The Morgan fingerprint density at radius 3 is 2.46 bits per heavy atom. The third-order valence-corrected chi connectivity index (χ3v) is 7.74. The van der Waals surface area contributed by atoms with Gasteiger partial charge in [-0.15, -0.1) is 0 Å². The Morgan fingerprint density at radius 2 is 1.72 bits per heavy atom. The van der Waals surface area contributed by atoms with Crippen LogP contribution in [0.2, 0.25) is 0 Å². The molecule has 236 valence electrons. The summed E-state index contributed by atoms with van der Waals surface area (Å²) in [5.41, 5.74) is 5.27. The van der Waals surface area contributed by atoms with E-state index in [1.807, 2.05) is 20.8 Å². The van der Waals surface area contributed by atoms with Crippen molar-refractivity contribution in [3.05, 3.63) is 105 Å². The Kier molecular flexibility index (Phi) is 7.79. The molecule has 2 N–H and O–H groups in total. The van der Waals surface area contributed by atoms with Gasteiger partial charge < -0.3 is 10.5 Å². The number of hydrogen-bond acceptors (Lipinski definition) is 7. The summed E-state index contributed by atoms with van der Waals surface area (Å²) >= 11 is 3.38. The third-order valence-electron chi connectivity index (χ3n) is 7.08. The van der Waals surface area contributed by atoms with Crippen LogP contribution in [0.15, 0.2) is 76.3 Å². The highest BCUT2D eigenvalue weighted by Gasteiger charge is 2.33. The lowest BCUT2D eigenvalue weighted by molar-refractivity contribution is -0.138. The molecule has 0 aliphatic heterocycles. The topological polar surface area (TPSA) is 114 Å². The molecule has 0 radical (unpaired) electrons. The monoisotopic (exact) mass is 695 g/mol. The lowest BCUT2D eigenvalue weighted by Gasteiger charge is -2.21. The molecule has 14 heteroatoms. The van der Waals surface area contributed by atoms with Crippen molar-refractivity contribution >= 4 is 43.7 Å². The number of fused-ring (bicyclic) bond motifs is 2. The van der Waals surface area contributed by atoms with E-state index in [2.05, 4.69) is 25.9 Å². The fourth-order valence-electron chi connectivity index (χ4n) is 5.25. The first kappa shape index (κ1) is 31.1. The maximum atomic E-state index is 14.8. The van der Waals surface area contributed by atoms with Crippen LogP contribution in [0.3, 0.4) is 0 Å². The van der Waals surface area contributed by atoms with Gasteiger partial charge >= 0.3 is 6.18 Å². The highest BCUT2D eigenvalue weighted by molar-refractivity contribution is 9.10. The summed E-state index contributed by atoms with van der Waals surface area (Å²) in [6.07, 6.45) is -3.41. The molecule has 46 heavy (non-hydrogen) atoms. The smallest absolute Gasteiger partial charge is 0.416 e. The Hall–Kier alpha value is -4.85. The molecule has 0 aliphatic carbocycles. The van der Waals surface area contributed by atoms with Crippen LogP contribution in [0.5, 0.6) is 5.75 Å². The molecule has 0 aliphatic rings. The minimum Gasteiger partial charge on any atom is -0.488 e. The molecule has 0 fully saturated rings. The number of alkyl halides is 3. The quantitative estimate of drug-likeness (QED) is 0.187. The van der Waals surface area contributed by atoms with E-state index >= 15 is 0 Å². The van der Waals surface area contributed by atoms with Crippen molar-refractivity contribution in [3.8, 4) is 17.0 Å². The molecule has 0 spiro atoms. The van der Waals surface area contributed by atoms with E-state index < -0.39 is 35.3 Å². The van der Waals surface area contributed by atoms with Crippen molar-refractivity contribution in [2.75, 3.05) is 5.73 Å². The minimum atomic E-state index is -4.65. The summed E-state index contributed by atoms with van der Waals surface area (Å²) in [5, 5.41) is 5.22. The number of rotatable bonds is 6. The highest BCUT2D eigenvalue weighted by atomic mass is 79.9. The van der Waals surface area contributed by atoms with Gasteiger partial charge in [0.05, 0.1) is 28.4 Å². The average molecular weight is 697 g/mol. The standard InChI is InChI=1S/C32H26BrF4N7O2/c1-31(2,3)46-20-12-18(11-19(34)13-20)27-26-28(38)39-16-40-29(26)44(42-27)15-24-41-23-10-6-9-22(33)25(23)30(45)43(24)14-17-7-4-5-8-21(17)32(35,36)37/h4-13,16H,14-15H2,1-3H3,(H2,38,39,40). The van der Waals surface area contributed by atoms with Gasteiger partial charge in [-0.25, -0.2) is 24.0 Å². The van der Waals surface area contributed by atoms with Gasteiger partial charge in [-0.05, 0) is 72.6 Å². The number of nitrogens with two attached hydrogens (primary N) is 1. The molecule has 0 amide bonds. The Labute approximate surface area is 267 Å². The zero-order chi connectivity index (χ0) is 33.0. The van der Waals surface area contributed by atoms with Gasteiger partial charge in [0.15, 0.2) is 5.65 Å². The molecule has 0 unspecified atom stereocenters. The first-order valence-electron chi connectivity index (χ1n) is 14.0. The van der Waals surface area contributed by atoms with Gasteiger partial charge in [-0.3, -0.25) is 9.36 Å². The van der Waals surface area contributed by atoms with Gasteiger partial charge in [0.1, 0.15) is 47.4 Å². The zero-order valence-corrected chi connectivity index (χ0v) is 26.3. The van der Waals surface area contributed by atoms with Crippen LogP contribution in [0.1, 0.15) is 37.7 Å². The van der Waals surface area contributed by atoms with Crippen LogP contribution >= 0.6 is 15.9 Å². The highest BCUT2D eigenvalue weighted by Crippen LogP contribution is 2.35. The van der Waals surface area contributed by atoms with E-state index in [1.54, 1.807) is 24.3 Å². The van der Waals surface area contributed by atoms with Gasteiger partial charge in [-0.1, -0.05) is 24.3 Å². The Balaban J connectivity index is 1.54. The summed E-state index contributed by atoms with van der Waals surface area (Å²) in [6.45, 7) is 4.87. The van der Waals surface area contributed by atoms with E-state index in [0.29, 0.717) is 20.9 Å². The number of halogens is 5. The second-order valence-corrected chi connectivity index (χ2v) is 12.4. The van der Waals surface area contributed by atoms with Crippen molar-refractivity contribution in [2.45, 2.75) is 45.6 Å². The molecule has 3 aromatic heterocycles. The number of aromatic nitrogens is 6. The maximum Gasteiger partial charge on any atom is 0.416 e. The number of nitrogens with zero attached hydrogens (tertiary/aromatic N) is 6. The number of hydrogen-bond donors (Lipinski definition) is 1. The van der Waals surface area contributed by atoms with Crippen LogP contribution in [-0.2, 0) is 19.3 Å². The number of nitrogen functional groups attached to an aromatic ring is 1. The number of benzene rings is 3. The second kappa shape index (κ2) is 11.5. The van der Waals surface area contributed by atoms with Crippen molar-refractivity contribution in [3.63, 3.8) is 0 Å². The minimum absolute atomic E-state index is 0.0701. The Bertz CT molecular complexity index is 2190. The molecule has 0 saturated heterocycles. The lowest BCUT2D eigenvalue weighted by Crippen LogP contribution is -2.28. The van der Waals surface area contributed by atoms with Crippen LogP contribution in [-0.4, -0.2) is 34.9 Å². The van der Waals surface area contributed by atoms with Crippen LogP contribution in [0, 0.1) is 5.82 Å². The molecule has 6 aromatic rings. The van der Waals surface area contributed by atoms with E-state index in [4.69, 9.17) is 20.6 Å².